The van der Waals surface area contributed by atoms with E-state index >= 15 is 0 Å². The fourth-order valence-electron chi connectivity index (χ4n) is 2.41. The van der Waals surface area contributed by atoms with Gasteiger partial charge in [0, 0.05) is 20.2 Å². The fourth-order valence-corrected chi connectivity index (χ4v) is 3.48. The minimum Gasteiger partial charge on any atom is -0.464 e. The largest absolute Gasteiger partial charge is 0.464 e. The molecule has 0 unspecified atom stereocenters. The maximum absolute atomic E-state index is 12.1. The molecular weight excluding hydrogens is 396 g/mol. The summed E-state index contributed by atoms with van der Waals surface area (Å²) >= 11 is 1.67. The van der Waals surface area contributed by atoms with Crippen molar-refractivity contribution >= 4 is 43.4 Å². The average Bonchev–Trinajstić information content (AvgIpc) is 2.77. The second kappa shape index (κ2) is 11.9. The third-order valence-electron chi connectivity index (χ3n) is 3.78. The molecule has 0 aliphatic rings. The number of aliphatic hydroxyl groups excluding tert-OH is 2. The molecule has 2 N–H and O–H groups in total. The van der Waals surface area contributed by atoms with Crippen LogP contribution >= 0.6 is 11.3 Å². The topological polar surface area (TPSA) is 110 Å². The summed E-state index contributed by atoms with van der Waals surface area (Å²) in [6.07, 6.45) is 1.08. The Morgan fingerprint density at radius 1 is 0.828 bits per heavy atom. The molecule has 0 fully saturated rings. The molecule has 3 rings (SSSR count). The Bertz CT molecular complexity index is 976. The molecule has 29 heavy (non-hydrogen) atoms. The second-order valence-corrected chi connectivity index (χ2v) is 6.94. The number of carbonyl (C=O) groups is 2. The van der Waals surface area contributed by atoms with Gasteiger partial charge in [0.15, 0.2) is 5.43 Å². The third kappa shape index (κ3) is 6.94. The summed E-state index contributed by atoms with van der Waals surface area (Å²) in [6.45, 7) is -0.408. The zero-order valence-electron chi connectivity index (χ0n) is 17.6. The lowest BCUT2D eigenvalue weighted by molar-refractivity contribution is -0.149. The standard InChI is InChI=1S/C13H8OS.C8H14O6/c14-13-9-5-1-3-7-11(9)15-12-8-4-2-6-10(12)13;9-5-7(11)13-3-1-2-4-14-8(12)6-10/h1-8H;9-10H,1-6H2/i;9D,10D. The monoisotopic (exact) mass is 420 g/mol. The van der Waals surface area contributed by atoms with E-state index in [1.807, 2.05) is 48.5 Å². The van der Waals surface area contributed by atoms with Gasteiger partial charge in [-0.1, -0.05) is 24.3 Å². The lowest BCUT2D eigenvalue weighted by atomic mass is 10.2. The number of hydrogen-bond donors (Lipinski definition) is 2. The van der Waals surface area contributed by atoms with Crippen molar-refractivity contribution in [2.75, 3.05) is 26.4 Å². The normalized spacial score (nSPS) is 11.2. The fraction of sp³-hybridized carbons (Fsp3) is 0.286. The van der Waals surface area contributed by atoms with Gasteiger partial charge >= 0.3 is 11.9 Å². The molecule has 0 atom stereocenters. The number of aliphatic hydroxyl groups is 2. The zero-order chi connectivity index (χ0) is 22.5. The lowest BCUT2D eigenvalue weighted by Crippen LogP contribution is -2.12. The first-order chi connectivity index (χ1) is 15.1. The summed E-state index contributed by atoms with van der Waals surface area (Å²) in [4.78, 5) is 33.5. The van der Waals surface area contributed by atoms with Crippen molar-refractivity contribution in [1.29, 1.82) is 2.86 Å². The van der Waals surface area contributed by atoms with Gasteiger partial charge in [0.1, 0.15) is 13.2 Å². The van der Waals surface area contributed by atoms with E-state index in [1.54, 1.807) is 11.3 Å². The number of ether oxygens (including phenoxy) is 2. The Hall–Kier alpha value is -2.81. The smallest absolute Gasteiger partial charge is 0.331 e. The molecule has 2 aromatic carbocycles. The van der Waals surface area contributed by atoms with Gasteiger partial charge in [-0.15, -0.1) is 11.3 Å². The van der Waals surface area contributed by atoms with Crippen molar-refractivity contribution in [3.8, 4) is 0 Å². The highest BCUT2D eigenvalue weighted by Crippen LogP contribution is 2.23. The number of unbranched alkanes of at least 4 members (excludes halogenated alkanes) is 1. The van der Waals surface area contributed by atoms with Gasteiger partial charge < -0.3 is 19.7 Å². The average molecular weight is 420 g/mol. The van der Waals surface area contributed by atoms with Crippen LogP contribution in [0.3, 0.4) is 0 Å². The van der Waals surface area contributed by atoms with E-state index in [0.717, 1.165) is 20.2 Å². The predicted octanol–water partition coefficient (Wildman–Crippen LogP) is 2.25. The Kier molecular flexibility index (Phi) is 8.01. The Labute approximate surface area is 174 Å². The molecule has 0 aliphatic carbocycles. The van der Waals surface area contributed by atoms with E-state index in [9.17, 15) is 14.4 Å². The first-order valence-electron chi connectivity index (χ1n) is 9.76. The SMILES string of the molecule is O=c1c2ccccc2sc2ccccc12.[2H]OCC(=O)OCCCCOC(=O)CO[2H]. The second-order valence-electron chi connectivity index (χ2n) is 5.86. The van der Waals surface area contributed by atoms with Crippen LogP contribution in [0, 0.1) is 0 Å². The van der Waals surface area contributed by atoms with Crippen molar-refractivity contribution in [1.82, 2.24) is 0 Å². The van der Waals surface area contributed by atoms with E-state index < -0.39 is 25.2 Å². The summed E-state index contributed by atoms with van der Waals surface area (Å²) in [5.41, 5.74) is 0.139. The zero-order valence-corrected chi connectivity index (χ0v) is 16.4. The van der Waals surface area contributed by atoms with Crippen LogP contribution in [0.1, 0.15) is 12.8 Å². The first kappa shape index (κ1) is 19.5. The minimum atomic E-state index is -0.602. The highest BCUT2D eigenvalue weighted by molar-refractivity contribution is 7.24. The predicted molar refractivity (Wildman–Crippen MR) is 111 cm³/mol. The number of rotatable bonds is 9. The molecule has 0 bridgehead atoms. The van der Waals surface area contributed by atoms with Gasteiger partial charge in [-0.3, -0.25) is 4.79 Å². The molecule has 0 radical (unpaired) electrons. The van der Waals surface area contributed by atoms with Crippen LogP contribution in [0.25, 0.3) is 20.2 Å². The molecule has 3 aromatic rings. The molecule has 0 saturated carbocycles. The van der Waals surface area contributed by atoms with Gasteiger partial charge in [0.25, 0.3) is 0 Å². The maximum Gasteiger partial charge on any atom is 0.331 e. The molecule has 8 heteroatoms. The minimum absolute atomic E-state index is 0.139. The highest BCUT2D eigenvalue weighted by Gasteiger charge is 2.03. The molecule has 0 spiro atoms. The highest BCUT2D eigenvalue weighted by atomic mass is 32.1. The number of carbonyl (C=O) groups excluding carboxylic acids is 2. The summed E-state index contributed by atoms with van der Waals surface area (Å²) in [6, 6.07) is 15.5. The van der Waals surface area contributed by atoms with Crippen LogP contribution < -0.4 is 5.43 Å². The number of esters is 2. The molecule has 0 saturated heterocycles. The first-order valence-corrected chi connectivity index (χ1v) is 9.76. The van der Waals surface area contributed by atoms with Crippen LogP contribution in [0.15, 0.2) is 53.3 Å². The van der Waals surface area contributed by atoms with Crippen LogP contribution in [0.4, 0.5) is 0 Å². The van der Waals surface area contributed by atoms with Crippen molar-refractivity contribution < 1.29 is 29.3 Å². The van der Waals surface area contributed by atoms with Crippen LogP contribution in [0.5, 0.6) is 0 Å². The summed E-state index contributed by atoms with van der Waals surface area (Å²) in [5.74, 6) is -1.20. The Morgan fingerprint density at radius 3 is 1.72 bits per heavy atom. The Balaban J connectivity index is 0.000000220. The molecule has 154 valence electrons. The van der Waals surface area contributed by atoms with Crippen molar-refractivity contribution in [2.24, 2.45) is 0 Å². The molecule has 0 amide bonds. The maximum atomic E-state index is 12.1. The quantitative estimate of drug-likeness (QED) is 0.310. The number of hydrogen-bond acceptors (Lipinski definition) is 8. The number of benzene rings is 2. The molecule has 1 aromatic heterocycles. The third-order valence-corrected chi connectivity index (χ3v) is 4.94. The van der Waals surface area contributed by atoms with Gasteiger partial charge in [-0.05, 0) is 37.1 Å². The van der Waals surface area contributed by atoms with E-state index in [-0.39, 0.29) is 18.6 Å². The molecular formula is C21H22O7S. The van der Waals surface area contributed by atoms with Crippen molar-refractivity contribution in [3.05, 3.63) is 58.8 Å². The Morgan fingerprint density at radius 2 is 1.28 bits per heavy atom. The summed E-state index contributed by atoms with van der Waals surface area (Å²) in [7, 11) is 0. The van der Waals surface area contributed by atoms with E-state index in [1.165, 1.54) is 0 Å². The van der Waals surface area contributed by atoms with Crippen LogP contribution in [-0.4, -0.2) is 51.4 Å². The van der Waals surface area contributed by atoms with E-state index in [2.05, 4.69) is 19.7 Å². The molecule has 7 nitrogen and oxygen atoms in total. The van der Waals surface area contributed by atoms with Crippen molar-refractivity contribution in [2.45, 2.75) is 12.8 Å². The van der Waals surface area contributed by atoms with Gasteiger partial charge in [0.2, 0.25) is 2.86 Å². The van der Waals surface area contributed by atoms with Gasteiger partial charge in [0.05, 0.1) is 13.2 Å². The molecule has 1 heterocycles. The summed E-state index contributed by atoms with van der Waals surface area (Å²) in [5, 5.41) is 9.27. The van der Waals surface area contributed by atoms with Crippen LogP contribution in [-0.2, 0) is 19.1 Å². The van der Waals surface area contributed by atoms with Crippen LogP contribution in [0.2, 0.25) is 0 Å². The lowest BCUT2D eigenvalue weighted by Gasteiger charge is -2.03. The molecule has 0 aliphatic heterocycles. The van der Waals surface area contributed by atoms with Gasteiger partial charge in [-0.25, -0.2) is 9.59 Å². The van der Waals surface area contributed by atoms with Crippen molar-refractivity contribution in [3.63, 3.8) is 0 Å². The van der Waals surface area contributed by atoms with E-state index in [0.29, 0.717) is 12.8 Å². The van der Waals surface area contributed by atoms with E-state index in [4.69, 9.17) is 2.86 Å². The summed E-state index contributed by atoms with van der Waals surface area (Å²) < 4.78 is 24.0. The number of fused-ring (bicyclic) bond motifs is 2. The van der Waals surface area contributed by atoms with Gasteiger partial charge in [-0.2, -0.15) is 0 Å².